The fraction of sp³-hybridized carbons (Fsp3) is 0.727. The number of carbonyl (C=O) groups excluding carboxylic acids is 1. The van der Waals surface area contributed by atoms with Gasteiger partial charge in [-0.25, -0.2) is 9.67 Å². The van der Waals surface area contributed by atoms with Crippen LogP contribution in [-0.2, 0) is 16.1 Å². The van der Waals surface area contributed by atoms with Crippen LogP contribution in [0.3, 0.4) is 0 Å². The van der Waals surface area contributed by atoms with Crippen molar-refractivity contribution < 1.29 is 9.53 Å². The van der Waals surface area contributed by atoms with Crippen LogP contribution in [-0.4, -0.2) is 26.8 Å². The van der Waals surface area contributed by atoms with Gasteiger partial charge in [0.1, 0.15) is 19.0 Å². The van der Waals surface area contributed by atoms with Crippen molar-refractivity contribution in [3.05, 3.63) is 6.33 Å². The van der Waals surface area contributed by atoms with E-state index in [4.69, 9.17) is 10.5 Å². The van der Waals surface area contributed by atoms with E-state index < -0.39 is 0 Å². The number of aromatic nitrogens is 3. The van der Waals surface area contributed by atoms with Gasteiger partial charge in [0.05, 0.1) is 0 Å². The first-order valence-corrected chi connectivity index (χ1v) is 5.98. The van der Waals surface area contributed by atoms with E-state index in [1.165, 1.54) is 17.4 Å². The van der Waals surface area contributed by atoms with Crippen molar-refractivity contribution >= 4 is 11.9 Å². The lowest BCUT2D eigenvalue weighted by molar-refractivity contribution is -0.152. The Labute approximate surface area is 100 Å². The highest BCUT2D eigenvalue weighted by atomic mass is 16.5. The van der Waals surface area contributed by atoms with E-state index in [0.29, 0.717) is 5.92 Å². The van der Waals surface area contributed by atoms with Crippen LogP contribution in [0.1, 0.15) is 32.6 Å². The molecule has 0 aliphatic heterocycles. The zero-order valence-corrected chi connectivity index (χ0v) is 10.0. The molecule has 0 aromatic carbocycles. The van der Waals surface area contributed by atoms with Gasteiger partial charge >= 0.3 is 5.97 Å². The summed E-state index contributed by atoms with van der Waals surface area (Å²) in [5.41, 5.74) is 5.36. The first-order valence-electron chi connectivity index (χ1n) is 5.98. The lowest BCUT2D eigenvalue weighted by Crippen LogP contribution is -2.26. The molecule has 2 atom stereocenters. The van der Waals surface area contributed by atoms with E-state index in [1.54, 1.807) is 0 Å². The quantitative estimate of drug-likeness (QED) is 0.794. The Morgan fingerprint density at radius 1 is 1.65 bits per heavy atom. The smallest absolute Gasteiger partial charge is 0.328 e. The number of esters is 1. The van der Waals surface area contributed by atoms with Crippen molar-refractivity contribution in [2.24, 2.45) is 5.92 Å². The van der Waals surface area contributed by atoms with Crippen LogP contribution >= 0.6 is 0 Å². The maximum absolute atomic E-state index is 11.6. The highest BCUT2D eigenvalue weighted by Crippen LogP contribution is 2.25. The molecule has 1 aromatic heterocycles. The molecule has 2 N–H and O–H groups in total. The summed E-state index contributed by atoms with van der Waals surface area (Å²) in [6.07, 6.45) is 5.79. The topological polar surface area (TPSA) is 83.0 Å². The molecule has 1 saturated carbocycles. The summed E-state index contributed by atoms with van der Waals surface area (Å²) in [5.74, 6) is 0.543. The molecule has 1 aliphatic rings. The molecule has 2 rings (SSSR count). The average Bonchev–Trinajstić information content (AvgIpc) is 2.63. The first-order chi connectivity index (χ1) is 8.13. The Morgan fingerprint density at radius 2 is 2.47 bits per heavy atom. The van der Waals surface area contributed by atoms with Gasteiger partial charge in [-0.15, -0.1) is 5.10 Å². The maximum atomic E-state index is 11.6. The van der Waals surface area contributed by atoms with Gasteiger partial charge in [0.25, 0.3) is 0 Å². The minimum absolute atomic E-state index is 0.0621. The van der Waals surface area contributed by atoms with Gasteiger partial charge in [-0.05, 0) is 25.2 Å². The number of nitrogens with two attached hydrogens (primary N) is 1. The molecule has 0 radical (unpaired) electrons. The minimum atomic E-state index is -0.269. The number of nitrogen functional groups attached to an aromatic ring is 1. The van der Waals surface area contributed by atoms with Crippen LogP contribution in [0.5, 0.6) is 0 Å². The van der Waals surface area contributed by atoms with Gasteiger partial charge < -0.3 is 10.5 Å². The van der Waals surface area contributed by atoms with Crippen LogP contribution < -0.4 is 5.73 Å². The monoisotopic (exact) mass is 238 g/mol. The number of nitrogens with zero attached hydrogens (tertiary/aromatic N) is 3. The van der Waals surface area contributed by atoms with Crippen molar-refractivity contribution in [2.75, 3.05) is 5.73 Å². The highest BCUT2D eigenvalue weighted by Gasteiger charge is 2.22. The zero-order chi connectivity index (χ0) is 12.3. The summed E-state index contributed by atoms with van der Waals surface area (Å²) in [6, 6.07) is 0. The van der Waals surface area contributed by atoms with Crippen molar-refractivity contribution in [1.29, 1.82) is 0 Å². The van der Waals surface area contributed by atoms with E-state index in [9.17, 15) is 4.79 Å². The number of hydrogen-bond acceptors (Lipinski definition) is 5. The Hall–Kier alpha value is -1.59. The molecule has 0 saturated heterocycles. The fourth-order valence-electron chi connectivity index (χ4n) is 2.23. The Balaban J connectivity index is 1.80. The third-order valence-corrected chi connectivity index (χ3v) is 3.03. The van der Waals surface area contributed by atoms with E-state index in [0.717, 1.165) is 19.3 Å². The summed E-state index contributed by atoms with van der Waals surface area (Å²) < 4.78 is 6.80. The summed E-state index contributed by atoms with van der Waals surface area (Å²) in [7, 11) is 0. The first kappa shape index (κ1) is 11.9. The second kappa shape index (κ2) is 5.16. The molecule has 1 aromatic rings. The predicted molar refractivity (Wildman–Crippen MR) is 61.9 cm³/mol. The molecule has 6 heteroatoms. The van der Waals surface area contributed by atoms with E-state index >= 15 is 0 Å². The largest absolute Gasteiger partial charge is 0.461 e. The molecular formula is C11H18N4O2. The molecular weight excluding hydrogens is 220 g/mol. The number of hydrogen-bond donors (Lipinski definition) is 1. The fourth-order valence-corrected chi connectivity index (χ4v) is 2.23. The van der Waals surface area contributed by atoms with Gasteiger partial charge in [-0.2, -0.15) is 0 Å². The number of ether oxygens (including phenoxy) is 1. The van der Waals surface area contributed by atoms with Crippen molar-refractivity contribution in [3.63, 3.8) is 0 Å². The molecule has 0 spiro atoms. The van der Waals surface area contributed by atoms with Crippen LogP contribution in [0.25, 0.3) is 0 Å². The van der Waals surface area contributed by atoms with E-state index in [2.05, 4.69) is 17.0 Å². The van der Waals surface area contributed by atoms with Gasteiger partial charge in [0.15, 0.2) is 0 Å². The van der Waals surface area contributed by atoms with Crippen LogP contribution in [0, 0.1) is 5.92 Å². The molecule has 0 amide bonds. The van der Waals surface area contributed by atoms with E-state index in [1.807, 2.05) is 0 Å². The summed E-state index contributed by atoms with van der Waals surface area (Å²) in [5, 5.41) is 3.84. The Morgan fingerprint density at radius 3 is 3.12 bits per heavy atom. The predicted octanol–water partition coefficient (Wildman–Crippen LogP) is 0.982. The van der Waals surface area contributed by atoms with Crippen molar-refractivity contribution in [3.8, 4) is 0 Å². The summed E-state index contributed by atoms with van der Waals surface area (Å²) >= 11 is 0. The molecule has 1 aliphatic carbocycles. The lowest BCUT2D eigenvalue weighted by Gasteiger charge is -2.26. The number of carbonyl (C=O) groups is 1. The van der Waals surface area contributed by atoms with Gasteiger partial charge in [0.2, 0.25) is 5.95 Å². The third-order valence-electron chi connectivity index (χ3n) is 3.03. The molecule has 1 fully saturated rings. The minimum Gasteiger partial charge on any atom is -0.461 e. The maximum Gasteiger partial charge on any atom is 0.328 e. The second-order valence-corrected chi connectivity index (χ2v) is 4.68. The Kier molecular flexibility index (Phi) is 3.61. The second-order valence-electron chi connectivity index (χ2n) is 4.68. The molecule has 6 nitrogen and oxygen atoms in total. The lowest BCUT2D eigenvalue weighted by atomic mass is 9.89. The molecule has 2 unspecified atom stereocenters. The molecule has 94 valence electrons. The van der Waals surface area contributed by atoms with E-state index in [-0.39, 0.29) is 24.6 Å². The van der Waals surface area contributed by atoms with Crippen LogP contribution in [0.15, 0.2) is 6.33 Å². The number of anilines is 1. The molecule has 1 heterocycles. The standard InChI is InChI=1S/C11H18N4O2/c1-8-3-2-4-9(5-8)17-10(16)6-15-7-13-11(12)14-15/h7-9H,2-6H2,1H3,(H2,12,14). The summed E-state index contributed by atoms with van der Waals surface area (Å²) in [4.78, 5) is 15.4. The summed E-state index contributed by atoms with van der Waals surface area (Å²) in [6.45, 7) is 2.27. The normalized spacial score (nSPS) is 24.5. The van der Waals surface area contributed by atoms with Gasteiger partial charge in [-0.1, -0.05) is 13.3 Å². The third kappa shape index (κ3) is 3.44. The highest BCUT2D eigenvalue weighted by molar-refractivity contribution is 5.69. The van der Waals surface area contributed by atoms with Gasteiger partial charge in [-0.3, -0.25) is 4.79 Å². The molecule has 17 heavy (non-hydrogen) atoms. The SMILES string of the molecule is CC1CCCC(OC(=O)Cn2cnc(N)n2)C1. The average molecular weight is 238 g/mol. The van der Waals surface area contributed by atoms with Crippen molar-refractivity contribution in [2.45, 2.75) is 45.3 Å². The zero-order valence-electron chi connectivity index (χ0n) is 10.0. The van der Waals surface area contributed by atoms with Crippen LogP contribution in [0.2, 0.25) is 0 Å². The van der Waals surface area contributed by atoms with Crippen molar-refractivity contribution in [1.82, 2.24) is 14.8 Å². The van der Waals surface area contributed by atoms with Gasteiger partial charge in [0, 0.05) is 0 Å². The molecule has 0 bridgehead atoms. The number of rotatable bonds is 3. The van der Waals surface area contributed by atoms with Crippen LogP contribution in [0.4, 0.5) is 5.95 Å². The Bertz CT molecular complexity index is 391.